The average molecular weight is 405 g/mol. The molecular weight excluding hydrogens is 391 g/mol. The molecule has 13 heteroatoms. The van der Waals surface area contributed by atoms with Crippen molar-refractivity contribution in [3.8, 4) is 0 Å². The van der Waals surface area contributed by atoms with Gasteiger partial charge in [-0.15, -0.1) is 0 Å². The van der Waals surface area contributed by atoms with Crippen LogP contribution in [0.4, 0.5) is 36.4 Å². The molecule has 0 saturated heterocycles. The second-order valence-corrected chi connectivity index (χ2v) is 5.32. The zero-order valence-electron chi connectivity index (χ0n) is 13.6. The van der Waals surface area contributed by atoms with Gasteiger partial charge in [0.15, 0.2) is 0 Å². The number of benzene rings is 1. The fourth-order valence-corrected chi connectivity index (χ4v) is 2.23. The van der Waals surface area contributed by atoms with Gasteiger partial charge in [-0.2, -0.15) is 30.7 Å². The molecule has 0 aliphatic rings. The standard InChI is InChI=1S/C14H14F7N3O3/c1-7-4-8(2-3-10(7)24(25)26)5-9(6-14(19,20)21)11(27-13(17)18)23(22)12(15)16/h2-4,12-13H,5-6,22H2,1H3/b11-9+. The first-order chi connectivity index (χ1) is 12.3. The molecule has 1 aromatic rings. The van der Waals surface area contributed by atoms with Crippen LogP contribution < -0.4 is 5.84 Å². The molecule has 152 valence electrons. The topological polar surface area (TPSA) is 81.6 Å². The molecule has 2 N–H and O–H groups in total. The Bertz CT molecular complexity index is 708. The van der Waals surface area contributed by atoms with Crippen molar-refractivity contribution in [1.82, 2.24) is 5.01 Å². The van der Waals surface area contributed by atoms with E-state index in [-0.39, 0.29) is 16.8 Å². The molecule has 0 amide bonds. The molecule has 0 spiro atoms. The van der Waals surface area contributed by atoms with Gasteiger partial charge in [0.05, 0.1) is 11.3 Å². The average Bonchev–Trinajstić information content (AvgIpc) is 2.49. The lowest BCUT2D eigenvalue weighted by molar-refractivity contribution is -0.385. The number of rotatable bonds is 8. The highest BCUT2D eigenvalue weighted by atomic mass is 19.4. The van der Waals surface area contributed by atoms with Crippen LogP contribution in [-0.2, 0) is 11.2 Å². The molecule has 0 atom stereocenters. The second kappa shape index (κ2) is 8.88. The minimum atomic E-state index is -4.94. The smallest absolute Gasteiger partial charge is 0.392 e. The zero-order valence-corrected chi connectivity index (χ0v) is 13.6. The number of ether oxygens (including phenoxy) is 1. The summed E-state index contributed by atoms with van der Waals surface area (Å²) in [6, 6.07) is 3.21. The molecule has 1 rings (SSSR count). The lowest BCUT2D eigenvalue weighted by Crippen LogP contribution is -2.38. The Morgan fingerprint density at radius 3 is 2.30 bits per heavy atom. The maximum Gasteiger partial charge on any atom is 0.392 e. The van der Waals surface area contributed by atoms with Crippen LogP contribution >= 0.6 is 0 Å². The Morgan fingerprint density at radius 1 is 1.30 bits per heavy atom. The summed E-state index contributed by atoms with van der Waals surface area (Å²) in [7, 11) is 0. The summed E-state index contributed by atoms with van der Waals surface area (Å²) in [6.07, 6.45) is -7.54. The molecule has 0 aromatic heterocycles. The molecule has 0 heterocycles. The molecule has 0 aliphatic carbocycles. The second-order valence-electron chi connectivity index (χ2n) is 5.32. The van der Waals surface area contributed by atoms with Gasteiger partial charge in [-0.1, -0.05) is 6.07 Å². The maximum atomic E-state index is 12.8. The van der Waals surface area contributed by atoms with Crippen molar-refractivity contribution in [3.05, 3.63) is 50.9 Å². The predicted octanol–water partition coefficient (Wildman–Crippen LogP) is 4.25. The summed E-state index contributed by atoms with van der Waals surface area (Å²) >= 11 is 0. The van der Waals surface area contributed by atoms with E-state index in [9.17, 15) is 40.8 Å². The number of nitrogens with two attached hydrogens (primary N) is 1. The van der Waals surface area contributed by atoms with Gasteiger partial charge in [0, 0.05) is 17.2 Å². The van der Waals surface area contributed by atoms with Crippen LogP contribution in [0.1, 0.15) is 17.5 Å². The number of nitrogens with zero attached hydrogens (tertiary/aromatic N) is 2. The Kier molecular flexibility index (Phi) is 7.39. The van der Waals surface area contributed by atoms with E-state index < -0.39 is 53.6 Å². The van der Waals surface area contributed by atoms with Crippen LogP contribution in [-0.4, -0.2) is 29.3 Å². The molecule has 0 fully saturated rings. The largest absolute Gasteiger partial charge is 0.418 e. The van der Waals surface area contributed by atoms with E-state index in [1.165, 1.54) is 6.92 Å². The summed E-state index contributed by atoms with van der Waals surface area (Å²) in [5, 5.41) is 10.1. The van der Waals surface area contributed by atoms with Gasteiger partial charge in [-0.3, -0.25) is 10.1 Å². The molecule has 0 radical (unpaired) electrons. The Hall–Kier alpha value is -2.57. The number of aryl methyl sites for hydroxylation is 1. The Morgan fingerprint density at radius 2 is 1.89 bits per heavy atom. The van der Waals surface area contributed by atoms with Gasteiger partial charge in [-0.25, -0.2) is 10.9 Å². The number of allylic oxidation sites excluding steroid dienone is 1. The molecular formula is C14H14F7N3O3. The van der Waals surface area contributed by atoms with Gasteiger partial charge >= 0.3 is 19.3 Å². The highest BCUT2D eigenvalue weighted by molar-refractivity contribution is 5.43. The Balaban J connectivity index is 3.40. The third-order valence-corrected chi connectivity index (χ3v) is 3.24. The highest BCUT2D eigenvalue weighted by Crippen LogP contribution is 2.31. The molecule has 0 unspecified atom stereocenters. The zero-order chi connectivity index (χ0) is 20.9. The number of hydrazine groups is 1. The van der Waals surface area contributed by atoms with Crippen LogP contribution in [0.25, 0.3) is 0 Å². The molecule has 0 saturated carbocycles. The van der Waals surface area contributed by atoms with E-state index in [0.717, 1.165) is 18.2 Å². The summed E-state index contributed by atoms with van der Waals surface area (Å²) < 4.78 is 92.7. The van der Waals surface area contributed by atoms with Gasteiger partial charge < -0.3 is 4.74 Å². The quantitative estimate of drug-likeness (QED) is 0.175. The summed E-state index contributed by atoms with van der Waals surface area (Å²) in [5.74, 6) is 3.37. The van der Waals surface area contributed by atoms with Crippen molar-refractivity contribution in [2.24, 2.45) is 5.84 Å². The van der Waals surface area contributed by atoms with E-state index in [0.29, 0.717) is 0 Å². The first-order valence-corrected chi connectivity index (χ1v) is 7.11. The van der Waals surface area contributed by atoms with Crippen molar-refractivity contribution in [2.45, 2.75) is 39.1 Å². The number of halogens is 7. The molecule has 0 bridgehead atoms. The monoisotopic (exact) mass is 405 g/mol. The third-order valence-electron chi connectivity index (χ3n) is 3.24. The normalized spacial score (nSPS) is 13.0. The van der Waals surface area contributed by atoms with Crippen molar-refractivity contribution in [3.63, 3.8) is 0 Å². The van der Waals surface area contributed by atoms with Gasteiger partial charge in [-0.05, 0) is 25.0 Å². The first-order valence-electron chi connectivity index (χ1n) is 7.11. The minimum absolute atomic E-state index is 0.0235. The van der Waals surface area contributed by atoms with Crippen molar-refractivity contribution in [2.75, 3.05) is 0 Å². The molecule has 27 heavy (non-hydrogen) atoms. The first kappa shape index (κ1) is 22.5. The molecule has 6 nitrogen and oxygen atoms in total. The van der Waals surface area contributed by atoms with Gasteiger partial charge in [0.2, 0.25) is 5.88 Å². The minimum Gasteiger partial charge on any atom is -0.418 e. The van der Waals surface area contributed by atoms with Gasteiger partial charge in [0.1, 0.15) is 0 Å². The van der Waals surface area contributed by atoms with E-state index in [1.807, 2.05) is 0 Å². The molecule has 1 aromatic carbocycles. The van der Waals surface area contributed by atoms with Gasteiger partial charge in [0.25, 0.3) is 5.69 Å². The fourth-order valence-electron chi connectivity index (χ4n) is 2.23. The third kappa shape index (κ3) is 6.92. The number of hydrogen-bond acceptors (Lipinski definition) is 5. The maximum absolute atomic E-state index is 12.8. The Labute approximate surface area is 148 Å². The van der Waals surface area contributed by atoms with Crippen molar-refractivity contribution < 1.29 is 40.4 Å². The SMILES string of the molecule is Cc1cc(C/C(CC(F)(F)F)=C(\OC(F)F)N(N)C(F)F)ccc1[N+](=O)[O-]. The lowest BCUT2D eigenvalue weighted by atomic mass is 10.00. The van der Waals surface area contributed by atoms with Crippen LogP contribution in [0.3, 0.4) is 0 Å². The van der Waals surface area contributed by atoms with E-state index >= 15 is 0 Å². The number of alkyl halides is 7. The van der Waals surface area contributed by atoms with E-state index in [4.69, 9.17) is 5.84 Å². The van der Waals surface area contributed by atoms with Crippen molar-refractivity contribution >= 4 is 5.69 Å². The van der Waals surface area contributed by atoms with E-state index in [1.54, 1.807) is 0 Å². The van der Waals surface area contributed by atoms with Crippen LogP contribution in [0.2, 0.25) is 0 Å². The summed E-state index contributed by atoms with van der Waals surface area (Å²) in [6.45, 7) is -6.01. The number of nitro benzene ring substituents is 1. The fraction of sp³-hybridized carbons (Fsp3) is 0.429. The van der Waals surface area contributed by atoms with Crippen LogP contribution in [0.15, 0.2) is 29.7 Å². The molecule has 0 aliphatic heterocycles. The number of hydrogen-bond donors (Lipinski definition) is 1. The van der Waals surface area contributed by atoms with Crippen molar-refractivity contribution in [1.29, 1.82) is 0 Å². The summed E-state index contributed by atoms with van der Waals surface area (Å²) in [4.78, 5) is 10.0. The summed E-state index contributed by atoms with van der Waals surface area (Å²) in [5.41, 5.74) is -1.20. The number of nitro groups is 1. The van der Waals surface area contributed by atoms with Crippen LogP contribution in [0.5, 0.6) is 0 Å². The predicted molar refractivity (Wildman–Crippen MR) is 78.4 cm³/mol. The highest BCUT2D eigenvalue weighted by Gasteiger charge is 2.34. The lowest BCUT2D eigenvalue weighted by Gasteiger charge is -2.24. The van der Waals surface area contributed by atoms with Crippen LogP contribution in [0, 0.1) is 17.0 Å². The van der Waals surface area contributed by atoms with E-state index in [2.05, 4.69) is 4.74 Å².